The molecule has 4 aromatic rings. The topological polar surface area (TPSA) is 71.6 Å². The fourth-order valence-corrected chi connectivity index (χ4v) is 3.74. The zero-order valence-corrected chi connectivity index (χ0v) is 15.7. The minimum Gasteiger partial charge on any atom is -0.449 e. The van der Waals surface area contributed by atoms with Crippen molar-refractivity contribution in [3.63, 3.8) is 0 Å². The first-order chi connectivity index (χ1) is 13.6. The maximum absolute atomic E-state index is 13.0. The highest BCUT2D eigenvalue weighted by Gasteiger charge is 2.32. The summed E-state index contributed by atoms with van der Waals surface area (Å²) in [7, 11) is 0. The average Bonchev–Trinajstić information content (AvgIpc) is 3.30. The molecular weight excluding hydrogens is 352 g/mol. The van der Waals surface area contributed by atoms with Crippen LogP contribution in [0.25, 0.3) is 5.65 Å². The van der Waals surface area contributed by atoms with Crippen molar-refractivity contribution in [1.82, 2.24) is 9.38 Å². The van der Waals surface area contributed by atoms with Gasteiger partial charge in [-0.3, -0.25) is 9.20 Å². The molecule has 2 N–H and O–H groups in total. The van der Waals surface area contributed by atoms with Crippen LogP contribution >= 0.6 is 0 Å². The first kappa shape index (κ1) is 16.6. The number of anilines is 3. The number of carbonyl (C=O) groups excluding carboxylic acids is 1. The Hall–Kier alpha value is -3.54. The Morgan fingerprint density at radius 3 is 2.86 bits per heavy atom. The number of hydrogen-bond acceptors (Lipinski definition) is 4. The second-order valence-electron chi connectivity index (χ2n) is 7.29. The molecule has 0 radical (unpaired) electrons. The molecule has 4 heterocycles. The molecule has 6 heteroatoms. The maximum atomic E-state index is 13.0. The lowest BCUT2D eigenvalue weighted by Crippen LogP contribution is -2.29. The number of nitrogens with zero attached hydrogens (tertiary/aromatic N) is 2. The molecule has 0 saturated carbocycles. The van der Waals surface area contributed by atoms with E-state index in [1.165, 1.54) is 0 Å². The van der Waals surface area contributed by atoms with E-state index in [2.05, 4.69) is 22.8 Å². The van der Waals surface area contributed by atoms with Gasteiger partial charge >= 0.3 is 0 Å². The van der Waals surface area contributed by atoms with E-state index in [1.54, 1.807) is 6.26 Å². The van der Waals surface area contributed by atoms with Crippen LogP contribution < -0.4 is 10.6 Å². The van der Waals surface area contributed by atoms with Crippen LogP contribution in [0.15, 0.2) is 59.3 Å². The second-order valence-corrected chi connectivity index (χ2v) is 7.29. The van der Waals surface area contributed by atoms with Gasteiger partial charge in [0.25, 0.3) is 0 Å². The summed E-state index contributed by atoms with van der Waals surface area (Å²) >= 11 is 0. The molecule has 0 fully saturated rings. The number of aromatic nitrogens is 2. The van der Waals surface area contributed by atoms with Crippen LogP contribution in [0.1, 0.15) is 28.3 Å². The number of rotatable bonds is 3. The number of nitrogens with one attached hydrogen (secondary N) is 2. The molecule has 3 aromatic heterocycles. The minimum absolute atomic E-state index is 0.0410. The molecule has 1 aromatic carbocycles. The summed E-state index contributed by atoms with van der Waals surface area (Å²) < 4.78 is 7.45. The number of amides is 1. The Morgan fingerprint density at radius 2 is 2.04 bits per heavy atom. The molecule has 0 spiro atoms. The Bertz CT molecular complexity index is 1190. The lowest BCUT2D eigenvalue weighted by Gasteiger charge is -2.24. The van der Waals surface area contributed by atoms with Crippen molar-refractivity contribution in [2.75, 3.05) is 10.6 Å². The van der Waals surface area contributed by atoms with Gasteiger partial charge in [-0.15, -0.1) is 0 Å². The second kappa shape index (κ2) is 6.27. The van der Waals surface area contributed by atoms with E-state index < -0.39 is 0 Å². The van der Waals surface area contributed by atoms with Gasteiger partial charge in [-0.2, -0.15) is 0 Å². The van der Waals surface area contributed by atoms with Gasteiger partial charge in [0.2, 0.25) is 5.91 Å². The lowest BCUT2D eigenvalue weighted by atomic mass is 9.90. The number of fused-ring (bicyclic) bond motifs is 2. The summed E-state index contributed by atoms with van der Waals surface area (Å²) in [6.07, 6.45) is 4.23. The van der Waals surface area contributed by atoms with E-state index >= 15 is 0 Å². The number of hydrogen-bond donors (Lipinski definition) is 2. The van der Waals surface area contributed by atoms with E-state index in [4.69, 9.17) is 9.40 Å². The summed E-state index contributed by atoms with van der Waals surface area (Å²) in [4.78, 5) is 17.8. The summed E-state index contributed by atoms with van der Waals surface area (Å²) in [5, 5.41) is 6.36. The Balaban J connectivity index is 1.63. The summed E-state index contributed by atoms with van der Waals surface area (Å²) in [5.41, 5.74) is 5.74. The van der Waals surface area contributed by atoms with Crippen LogP contribution in [-0.4, -0.2) is 15.3 Å². The fourth-order valence-electron chi connectivity index (χ4n) is 3.74. The van der Waals surface area contributed by atoms with Crippen molar-refractivity contribution in [2.24, 2.45) is 0 Å². The number of pyridine rings is 1. The van der Waals surface area contributed by atoms with E-state index in [-0.39, 0.29) is 11.8 Å². The van der Waals surface area contributed by atoms with Gasteiger partial charge in [0, 0.05) is 18.0 Å². The molecular formula is C22H20N4O2. The van der Waals surface area contributed by atoms with E-state index in [9.17, 15) is 4.79 Å². The van der Waals surface area contributed by atoms with Crippen LogP contribution in [0.2, 0.25) is 0 Å². The molecule has 6 nitrogen and oxygen atoms in total. The summed E-state index contributed by atoms with van der Waals surface area (Å²) in [6.45, 7) is 4.05. The highest BCUT2D eigenvalue weighted by atomic mass is 16.3. The normalized spacial score (nSPS) is 16.1. The number of imidazole rings is 1. The molecule has 1 aliphatic rings. The first-order valence-electron chi connectivity index (χ1n) is 9.28. The number of benzene rings is 1. The molecule has 1 aliphatic heterocycles. The zero-order valence-electron chi connectivity index (χ0n) is 15.7. The van der Waals surface area contributed by atoms with Gasteiger partial charge in [-0.1, -0.05) is 18.2 Å². The van der Waals surface area contributed by atoms with Gasteiger partial charge in [-0.25, -0.2) is 4.98 Å². The van der Waals surface area contributed by atoms with E-state index in [1.807, 2.05) is 54.8 Å². The van der Waals surface area contributed by atoms with Crippen LogP contribution in [0.5, 0.6) is 0 Å². The van der Waals surface area contributed by atoms with Gasteiger partial charge < -0.3 is 15.1 Å². The number of aryl methyl sites for hydroxylation is 2. The Kier molecular flexibility index (Phi) is 3.72. The molecule has 5 rings (SSSR count). The van der Waals surface area contributed by atoms with Crippen LogP contribution in [0.4, 0.5) is 17.4 Å². The molecule has 0 bridgehead atoms. The van der Waals surface area contributed by atoms with Crippen molar-refractivity contribution >= 4 is 28.9 Å². The fraction of sp³-hybridized carbons (Fsp3) is 0.182. The molecule has 1 atom stereocenters. The van der Waals surface area contributed by atoms with Gasteiger partial charge in [0.05, 0.1) is 17.9 Å². The van der Waals surface area contributed by atoms with Crippen molar-refractivity contribution < 1.29 is 9.21 Å². The third-order valence-electron chi connectivity index (χ3n) is 5.15. The van der Waals surface area contributed by atoms with Crippen molar-refractivity contribution in [1.29, 1.82) is 0 Å². The predicted molar refractivity (Wildman–Crippen MR) is 108 cm³/mol. The molecule has 1 unspecified atom stereocenters. The first-order valence-corrected chi connectivity index (χ1v) is 9.28. The monoisotopic (exact) mass is 372 g/mol. The summed E-state index contributed by atoms with van der Waals surface area (Å²) in [5.74, 6) is 0.940. The zero-order chi connectivity index (χ0) is 19.3. The van der Waals surface area contributed by atoms with Gasteiger partial charge in [0.15, 0.2) is 5.88 Å². The molecule has 0 saturated heterocycles. The third kappa shape index (κ3) is 2.74. The van der Waals surface area contributed by atoms with Crippen LogP contribution in [0, 0.1) is 13.8 Å². The average molecular weight is 372 g/mol. The van der Waals surface area contributed by atoms with E-state index in [0.29, 0.717) is 18.0 Å². The van der Waals surface area contributed by atoms with Crippen LogP contribution in [-0.2, 0) is 11.2 Å². The van der Waals surface area contributed by atoms with Gasteiger partial charge in [0.1, 0.15) is 11.5 Å². The highest BCUT2D eigenvalue weighted by Crippen LogP contribution is 2.36. The van der Waals surface area contributed by atoms with Crippen molar-refractivity contribution in [3.05, 3.63) is 77.3 Å². The van der Waals surface area contributed by atoms with Crippen molar-refractivity contribution in [2.45, 2.75) is 26.2 Å². The Morgan fingerprint density at radius 1 is 1.18 bits per heavy atom. The largest absolute Gasteiger partial charge is 0.449 e. The van der Waals surface area contributed by atoms with Gasteiger partial charge in [-0.05, 0) is 55.2 Å². The van der Waals surface area contributed by atoms with Crippen LogP contribution in [0.3, 0.4) is 0 Å². The van der Waals surface area contributed by atoms with E-state index in [0.717, 1.165) is 33.8 Å². The quantitative estimate of drug-likeness (QED) is 0.553. The highest BCUT2D eigenvalue weighted by molar-refractivity contribution is 5.99. The third-order valence-corrected chi connectivity index (χ3v) is 5.15. The molecule has 28 heavy (non-hydrogen) atoms. The van der Waals surface area contributed by atoms with Crippen molar-refractivity contribution in [3.8, 4) is 0 Å². The Labute approximate surface area is 162 Å². The predicted octanol–water partition coefficient (Wildman–Crippen LogP) is 4.57. The smallest absolute Gasteiger partial charge is 0.234 e. The molecule has 140 valence electrons. The molecule has 0 aliphatic carbocycles. The maximum Gasteiger partial charge on any atom is 0.234 e. The SMILES string of the molecule is Cc1ccc2c(c1)NC(=O)C(c1nc3ccc(C)cn3c1Nc1ccco1)C2. The minimum atomic E-state index is -0.382. The number of furan rings is 1. The number of carbonyl (C=O) groups is 1. The molecule has 1 amide bonds. The lowest BCUT2D eigenvalue weighted by molar-refractivity contribution is -0.117. The summed E-state index contributed by atoms with van der Waals surface area (Å²) in [6, 6.07) is 13.8. The standard InChI is InChI=1S/C22H20N4O2/c1-13-5-7-15-11-16(22(27)23-17(15)10-13)20-21(25-19-4-3-9-28-19)26-12-14(2)6-8-18(26)24-20/h3-10,12,16,25H,11H2,1-2H3,(H,23,27).